The lowest BCUT2D eigenvalue weighted by Gasteiger charge is -2.26. The van der Waals surface area contributed by atoms with E-state index in [1.165, 1.54) is 6.33 Å². The molecule has 1 aliphatic rings. The van der Waals surface area contributed by atoms with Gasteiger partial charge in [-0.2, -0.15) is 0 Å². The molecule has 1 amide bonds. The standard InChI is InChI=1S/C14H14N4O2/c1-8-13(15)14(17-7-16-8)9-3-4-11-10(5-9)18(2)12(19)6-20-11/h3-5,7H,6,15H2,1-2H3. The van der Waals surface area contributed by atoms with E-state index in [1.807, 2.05) is 25.1 Å². The van der Waals surface area contributed by atoms with Crippen LogP contribution in [0.1, 0.15) is 5.69 Å². The molecular weight excluding hydrogens is 256 g/mol. The van der Waals surface area contributed by atoms with Gasteiger partial charge in [0.2, 0.25) is 0 Å². The average molecular weight is 270 g/mol. The van der Waals surface area contributed by atoms with Crippen LogP contribution in [0.15, 0.2) is 24.5 Å². The first-order valence-corrected chi connectivity index (χ1v) is 6.19. The fourth-order valence-corrected chi connectivity index (χ4v) is 2.13. The van der Waals surface area contributed by atoms with Gasteiger partial charge in [0.15, 0.2) is 6.61 Å². The summed E-state index contributed by atoms with van der Waals surface area (Å²) < 4.78 is 5.40. The Hall–Kier alpha value is -2.63. The highest BCUT2D eigenvalue weighted by Crippen LogP contribution is 2.36. The van der Waals surface area contributed by atoms with Crippen LogP contribution < -0.4 is 15.4 Å². The first-order valence-electron chi connectivity index (χ1n) is 6.19. The summed E-state index contributed by atoms with van der Waals surface area (Å²) in [6.07, 6.45) is 1.48. The lowest BCUT2D eigenvalue weighted by Crippen LogP contribution is -2.35. The SMILES string of the molecule is Cc1ncnc(-c2ccc3c(c2)N(C)C(=O)CO3)c1N. The Morgan fingerprint density at radius 3 is 2.95 bits per heavy atom. The van der Waals surface area contributed by atoms with Crippen molar-refractivity contribution in [2.24, 2.45) is 0 Å². The van der Waals surface area contributed by atoms with Gasteiger partial charge in [0, 0.05) is 12.6 Å². The molecule has 0 unspecified atom stereocenters. The highest BCUT2D eigenvalue weighted by molar-refractivity contribution is 5.98. The zero-order chi connectivity index (χ0) is 14.3. The zero-order valence-corrected chi connectivity index (χ0v) is 11.3. The maximum Gasteiger partial charge on any atom is 0.264 e. The molecule has 2 heterocycles. The number of carbonyl (C=O) groups excluding carboxylic acids is 1. The molecule has 0 bridgehead atoms. The minimum absolute atomic E-state index is 0.0671. The minimum Gasteiger partial charge on any atom is -0.482 e. The van der Waals surface area contributed by atoms with Crippen molar-refractivity contribution >= 4 is 17.3 Å². The topological polar surface area (TPSA) is 81.3 Å². The van der Waals surface area contributed by atoms with Crippen LogP contribution >= 0.6 is 0 Å². The fraction of sp³-hybridized carbons (Fsp3) is 0.214. The number of aryl methyl sites for hydroxylation is 1. The number of ether oxygens (including phenoxy) is 1. The minimum atomic E-state index is -0.0820. The molecule has 6 nitrogen and oxygen atoms in total. The van der Waals surface area contributed by atoms with Gasteiger partial charge in [0.05, 0.1) is 22.8 Å². The number of nitrogen functional groups attached to an aromatic ring is 1. The molecule has 2 N–H and O–H groups in total. The second kappa shape index (κ2) is 4.48. The van der Waals surface area contributed by atoms with E-state index in [1.54, 1.807) is 11.9 Å². The van der Waals surface area contributed by atoms with Crippen LogP contribution in [0.5, 0.6) is 5.75 Å². The predicted molar refractivity (Wildman–Crippen MR) is 75.5 cm³/mol. The smallest absolute Gasteiger partial charge is 0.264 e. The Kier molecular flexibility index (Phi) is 2.78. The lowest BCUT2D eigenvalue weighted by atomic mass is 10.1. The molecule has 102 valence electrons. The van der Waals surface area contributed by atoms with Crippen molar-refractivity contribution in [1.82, 2.24) is 9.97 Å². The summed E-state index contributed by atoms with van der Waals surface area (Å²) in [7, 11) is 1.72. The molecule has 0 saturated carbocycles. The van der Waals surface area contributed by atoms with Gasteiger partial charge < -0.3 is 15.4 Å². The highest BCUT2D eigenvalue weighted by Gasteiger charge is 2.23. The number of carbonyl (C=O) groups is 1. The lowest BCUT2D eigenvalue weighted by molar-refractivity contribution is -0.120. The highest BCUT2D eigenvalue weighted by atomic mass is 16.5. The van der Waals surface area contributed by atoms with Crippen molar-refractivity contribution in [3.05, 3.63) is 30.2 Å². The van der Waals surface area contributed by atoms with Gasteiger partial charge in [-0.05, 0) is 25.1 Å². The van der Waals surface area contributed by atoms with E-state index >= 15 is 0 Å². The predicted octanol–water partition coefficient (Wildman–Crippen LogP) is 1.39. The van der Waals surface area contributed by atoms with E-state index in [0.717, 1.165) is 16.9 Å². The van der Waals surface area contributed by atoms with E-state index in [9.17, 15) is 4.79 Å². The van der Waals surface area contributed by atoms with Crippen molar-refractivity contribution < 1.29 is 9.53 Å². The molecule has 20 heavy (non-hydrogen) atoms. The number of nitrogens with two attached hydrogens (primary N) is 1. The number of fused-ring (bicyclic) bond motifs is 1. The molecule has 2 aromatic rings. The summed E-state index contributed by atoms with van der Waals surface area (Å²) in [6.45, 7) is 1.90. The third kappa shape index (κ3) is 1.85. The molecule has 1 aromatic heterocycles. The maximum absolute atomic E-state index is 11.7. The number of hydrogen-bond acceptors (Lipinski definition) is 5. The summed E-state index contributed by atoms with van der Waals surface area (Å²) in [4.78, 5) is 21.5. The monoisotopic (exact) mass is 270 g/mol. The molecular formula is C14H14N4O2. The molecule has 6 heteroatoms. The van der Waals surface area contributed by atoms with Gasteiger partial charge >= 0.3 is 0 Å². The van der Waals surface area contributed by atoms with Gasteiger partial charge in [-0.1, -0.05) is 0 Å². The summed E-state index contributed by atoms with van der Waals surface area (Å²) in [5, 5.41) is 0. The number of anilines is 2. The molecule has 3 rings (SSSR count). The van der Waals surface area contributed by atoms with E-state index in [4.69, 9.17) is 10.5 Å². The summed E-state index contributed by atoms with van der Waals surface area (Å²) >= 11 is 0. The van der Waals surface area contributed by atoms with E-state index in [-0.39, 0.29) is 12.5 Å². The molecule has 0 radical (unpaired) electrons. The molecule has 0 aliphatic carbocycles. The Balaban J connectivity index is 2.13. The first-order chi connectivity index (χ1) is 9.58. The van der Waals surface area contributed by atoms with E-state index in [2.05, 4.69) is 9.97 Å². The molecule has 0 saturated heterocycles. The van der Waals surface area contributed by atoms with E-state index in [0.29, 0.717) is 17.1 Å². The van der Waals surface area contributed by atoms with Crippen LogP contribution in [-0.4, -0.2) is 29.5 Å². The quantitative estimate of drug-likeness (QED) is 0.846. The normalized spacial score (nSPS) is 13.9. The van der Waals surface area contributed by atoms with Crippen molar-refractivity contribution in [1.29, 1.82) is 0 Å². The first kappa shape index (κ1) is 12.4. The number of benzene rings is 1. The molecule has 0 fully saturated rings. The van der Waals surface area contributed by atoms with Crippen LogP contribution in [0.25, 0.3) is 11.3 Å². The molecule has 1 aromatic carbocycles. The molecule has 0 spiro atoms. The fourth-order valence-electron chi connectivity index (χ4n) is 2.13. The zero-order valence-electron chi connectivity index (χ0n) is 11.3. The van der Waals surface area contributed by atoms with Gasteiger partial charge in [-0.15, -0.1) is 0 Å². The van der Waals surface area contributed by atoms with Gasteiger partial charge in [0.25, 0.3) is 5.91 Å². The van der Waals surface area contributed by atoms with Crippen LogP contribution in [0.2, 0.25) is 0 Å². The van der Waals surface area contributed by atoms with Crippen LogP contribution in [-0.2, 0) is 4.79 Å². The van der Waals surface area contributed by atoms with Crippen molar-refractivity contribution in [3.8, 4) is 17.0 Å². The van der Waals surface area contributed by atoms with Crippen molar-refractivity contribution in [3.63, 3.8) is 0 Å². The van der Waals surface area contributed by atoms with Gasteiger partial charge in [-0.25, -0.2) is 9.97 Å². The Bertz CT molecular complexity index is 700. The number of nitrogens with zero attached hydrogens (tertiary/aromatic N) is 3. The number of rotatable bonds is 1. The van der Waals surface area contributed by atoms with Crippen LogP contribution in [0.4, 0.5) is 11.4 Å². The Labute approximate surface area is 116 Å². The summed E-state index contributed by atoms with van der Waals surface area (Å²) in [5.41, 5.74) is 9.49. The van der Waals surface area contributed by atoms with Crippen molar-refractivity contribution in [2.45, 2.75) is 6.92 Å². The van der Waals surface area contributed by atoms with Crippen molar-refractivity contribution in [2.75, 3.05) is 24.3 Å². The number of likely N-dealkylation sites (N-methyl/N-ethyl adjacent to an activating group) is 1. The summed E-state index contributed by atoms with van der Waals surface area (Å²) in [6, 6.07) is 5.55. The number of amides is 1. The Morgan fingerprint density at radius 2 is 2.15 bits per heavy atom. The maximum atomic E-state index is 11.7. The van der Waals surface area contributed by atoms with Gasteiger partial charge in [-0.3, -0.25) is 4.79 Å². The number of hydrogen-bond donors (Lipinski definition) is 1. The molecule has 1 aliphatic heterocycles. The second-order valence-electron chi connectivity index (χ2n) is 4.65. The van der Waals surface area contributed by atoms with Crippen LogP contribution in [0.3, 0.4) is 0 Å². The molecule has 0 atom stereocenters. The second-order valence-corrected chi connectivity index (χ2v) is 4.65. The average Bonchev–Trinajstić information content (AvgIpc) is 2.46. The van der Waals surface area contributed by atoms with Crippen LogP contribution in [0, 0.1) is 6.92 Å². The van der Waals surface area contributed by atoms with Gasteiger partial charge in [0.1, 0.15) is 12.1 Å². The summed E-state index contributed by atoms with van der Waals surface area (Å²) in [5.74, 6) is 0.599. The Morgan fingerprint density at radius 1 is 1.35 bits per heavy atom. The number of aromatic nitrogens is 2. The largest absolute Gasteiger partial charge is 0.482 e. The third-order valence-electron chi connectivity index (χ3n) is 3.40. The third-order valence-corrected chi connectivity index (χ3v) is 3.40. The van der Waals surface area contributed by atoms with E-state index < -0.39 is 0 Å².